The molecule has 1 aromatic heterocycles. The number of alkyl halides is 1. The first-order valence-electron chi connectivity index (χ1n) is 5.07. The summed E-state index contributed by atoms with van der Waals surface area (Å²) < 4.78 is 17.1. The molecule has 2 unspecified atom stereocenters. The van der Waals surface area contributed by atoms with Crippen LogP contribution in [0.5, 0.6) is 0 Å². The molecule has 0 fully saturated rings. The average Bonchev–Trinajstić information content (AvgIpc) is 2.68. The van der Waals surface area contributed by atoms with E-state index < -0.39 is 6.67 Å². The monoisotopic (exact) mass is 209 g/mol. The zero-order valence-corrected chi connectivity index (χ0v) is 8.87. The van der Waals surface area contributed by atoms with Crippen LogP contribution in [0.25, 0.3) is 0 Å². The fraction of sp³-hybridized carbons (Fsp3) is 0.500. The van der Waals surface area contributed by atoms with Crippen molar-refractivity contribution in [3.63, 3.8) is 0 Å². The summed E-state index contributed by atoms with van der Waals surface area (Å²) in [6.45, 7) is 1.58. The van der Waals surface area contributed by atoms with Crippen LogP contribution < -0.4 is 5.73 Å². The fourth-order valence-corrected chi connectivity index (χ4v) is 1.22. The van der Waals surface area contributed by atoms with E-state index in [0.29, 0.717) is 6.42 Å². The maximum atomic E-state index is 11.9. The van der Waals surface area contributed by atoms with Gasteiger partial charge in [0.05, 0.1) is 19.0 Å². The third kappa shape index (κ3) is 4.66. The van der Waals surface area contributed by atoms with Crippen molar-refractivity contribution in [2.75, 3.05) is 6.67 Å². The van der Waals surface area contributed by atoms with Crippen molar-refractivity contribution in [1.82, 2.24) is 0 Å². The maximum Gasteiger partial charge on any atom is 0.104 e. The molecule has 1 rings (SSSR count). The van der Waals surface area contributed by atoms with Crippen molar-refractivity contribution in [1.29, 1.82) is 0 Å². The van der Waals surface area contributed by atoms with Crippen LogP contribution in [0.15, 0.2) is 22.8 Å². The first kappa shape index (κ1) is 11.8. The van der Waals surface area contributed by atoms with Gasteiger partial charge in [-0.2, -0.15) is 0 Å². The van der Waals surface area contributed by atoms with Gasteiger partial charge >= 0.3 is 0 Å². The molecule has 0 spiro atoms. The Labute approximate surface area is 89.6 Å². The molecule has 2 N–H and O–H groups in total. The van der Waals surface area contributed by atoms with Gasteiger partial charge in [-0.1, -0.05) is 18.8 Å². The predicted octanol–water partition coefficient (Wildman–Crippen LogP) is 2.15. The van der Waals surface area contributed by atoms with Gasteiger partial charge in [-0.3, -0.25) is 4.39 Å². The molecule has 0 aliphatic rings. The number of nitrogens with two attached hydrogens (primary N) is 1. The van der Waals surface area contributed by atoms with Crippen LogP contribution in [0.1, 0.15) is 19.1 Å². The largest absolute Gasteiger partial charge is 0.469 e. The van der Waals surface area contributed by atoms with Crippen molar-refractivity contribution >= 4 is 0 Å². The molecule has 0 aliphatic heterocycles. The molecule has 0 saturated heterocycles. The third-order valence-electron chi connectivity index (χ3n) is 2.02. The van der Waals surface area contributed by atoms with Crippen LogP contribution in [-0.4, -0.2) is 12.7 Å². The van der Waals surface area contributed by atoms with Crippen molar-refractivity contribution < 1.29 is 8.81 Å². The molecule has 0 aromatic carbocycles. The van der Waals surface area contributed by atoms with E-state index in [9.17, 15) is 4.39 Å². The molecule has 1 aromatic rings. The lowest BCUT2D eigenvalue weighted by Gasteiger charge is -2.02. The second-order valence-electron chi connectivity index (χ2n) is 3.56. The highest BCUT2D eigenvalue weighted by Gasteiger charge is 2.02. The topological polar surface area (TPSA) is 39.2 Å². The fourth-order valence-electron chi connectivity index (χ4n) is 1.22. The Kier molecular flexibility index (Phi) is 4.92. The molecular weight excluding hydrogens is 193 g/mol. The smallest absolute Gasteiger partial charge is 0.104 e. The maximum absolute atomic E-state index is 11.9. The van der Waals surface area contributed by atoms with E-state index in [0.717, 1.165) is 12.2 Å². The molecule has 0 aliphatic carbocycles. The second kappa shape index (κ2) is 6.26. The molecule has 0 bridgehead atoms. The van der Waals surface area contributed by atoms with Gasteiger partial charge in [0.1, 0.15) is 5.76 Å². The van der Waals surface area contributed by atoms with E-state index in [1.165, 1.54) is 0 Å². The lowest BCUT2D eigenvalue weighted by atomic mass is 10.1. The van der Waals surface area contributed by atoms with Crippen LogP contribution in [0.2, 0.25) is 0 Å². The van der Waals surface area contributed by atoms with E-state index in [-0.39, 0.29) is 12.0 Å². The predicted molar refractivity (Wildman–Crippen MR) is 57.9 cm³/mol. The lowest BCUT2D eigenvalue weighted by Crippen LogP contribution is -2.18. The van der Waals surface area contributed by atoms with Gasteiger partial charge in [-0.25, -0.2) is 0 Å². The van der Waals surface area contributed by atoms with Crippen LogP contribution in [0, 0.1) is 17.8 Å². The molecule has 0 radical (unpaired) electrons. The molecule has 2 nitrogen and oxygen atoms in total. The Balaban J connectivity index is 2.38. The van der Waals surface area contributed by atoms with E-state index in [4.69, 9.17) is 10.2 Å². The molecule has 0 saturated carbocycles. The lowest BCUT2D eigenvalue weighted by molar-refractivity contribution is 0.460. The second-order valence-corrected chi connectivity index (χ2v) is 3.56. The van der Waals surface area contributed by atoms with Crippen molar-refractivity contribution in [3.05, 3.63) is 24.2 Å². The van der Waals surface area contributed by atoms with Crippen LogP contribution >= 0.6 is 0 Å². The summed E-state index contributed by atoms with van der Waals surface area (Å²) in [6.07, 6.45) is 2.72. The normalized spacial score (nSPS) is 14.1. The standard InChI is InChI=1S/C12H16FNO/c1-10(4-5-11(14)6-7-13)9-12-3-2-8-15-12/h2-3,8,10-11H,6-7,9,14H2,1H3. The highest BCUT2D eigenvalue weighted by Crippen LogP contribution is 2.07. The summed E-state index contributed by atoms with van der Waals surface area (Å²) >= 11 is 0. The van der Waals surface area contributed by atoms with Gasteiger partial charge < -0.3 is 10.2 Å². The van der Waals surface area contributed by atoms with Gasteiger partial charge in [-0.05, 0) is 12.1 Å². The summed E-state index contributed by atoms with van der Waals surface area (Å²) in [5.41, 5.74) is 5.57. The number of hydrogen-bond acceptors (Lipinski definition) is 2. The molecule has 82 valence electrons. The zero-order chi connectivity index (χ0) is 11.1. The Morgan fingerprint density at radius 3 is 2.93 bits per heavy atom. The summed E-state index contributed by atoms with van der Waals surface area (Å²) in [6, 6.07) is 3.42. The molecule has 15 heavy (non-hydrogen) atoms. The number of rotatable bonds is 4. The van der Waals surface area contributed by atoms with Gasteiger partial charge in [0.15, 0.2) is 0 Å². The van der Waals surface area contributed by atoms with E-state index in [1.807, 2.05) is 19.1 Å². The first-order chi connectivity index (χ1) is 7.22. The number of furan rings is 1. The minimum atomic E-state index is -0.414. The Bertz CT molecular complexity index is 323. The highest BCUT2D eigenvalue weighted by molar-refractivity contribution is 5.11. The van der Waals surface area contributed by atoms with Gasteiger partial charge in [0.25, 0.3) is 0 Å². The highest BCUT2D eigenvalue weighted by atomic mass is 19.1. The average molecular weight is 209 g/mol. The minimum Gasteiger partial charge on any atom is -0.469 e. The molecule has 3 heteroatoms. The number of halogens is 1. The minimum absolute atomic E-state index is 0.182. The molecule has 2 atom stereocenters. The summed E-state index contributed by atoms with van der Waals surface area (Å²) in [5.74, 6) is 6.94. The SMILES string of the molecule is CC(C#CC(N)CCF)Cc1ccco1. The Morgan fingerprint density at radius 1 is 1.53 bits per heavy atom. The van der Waals surface area contributed by atoms with Crippen LogP contribution in [0.4, 0.5) is 4.39 Å². The third-order valence-corrected chi connectivity index (χ3v) is 2.02. The van der Waals surface area contributed by atoms with Crippen LogP contribution in [0.3, 0.4) is 0 Å². The Morgan fingerprint density at radius 2 is 2.33 bits per heavy atom. The van der Waals surface area contributed by atoms with E-state index in [2.05, 4.69) is 11.8 Å². The molecule has 1 heterocycles. The molecular formula is C12H16FNO. The Hall–Kier alpha value is -1.27. The van der Waals surface area contributed by atoms with Gasteiger partial charge in [0.2, 0.25) is 0 Å². The number of hydrogen-bond donors (Lipinski definition) is 1. The van der Waals surface area contributed by atoms with Crippen molar-refractivity contribution in [2.45, 2.75) is 25.8 Å². The summed E-state index contributed by atoms with van der Waals surface area (Å²) in [5, 5.41) is 0. The van der Waals surface area contributed by atoms with Gasteiger partial charge in [0, 0.05) is 18.8 Å². The quantitative estimate of drug-likeness (QED) is 0.772. The van der Waals surface area contributed by atoms with Crippen molar-refractivity contribution in [3.8, 4) is 11.8 Å². The molecule has 0 amide bonds. The first-order valence-corrected chi connectivity index (χ1v) is 5.07. The summed E-state index contributed by atoms with van der Waals surface area (Å²) in [7, 11) is 0. The van der Waals surface area contributed by atoms with Gasteiger partial charge in [-0.15, -0.1) is 0 Å². The van der Waals surface area contributed by atoms with Crippen molar-refractivity contribution in [2.24, 2.45) is 11.7 Å². The summed E-state index contributed by atoms with van der Waals surface area (Å²) in [4.78, 5) is 0. The zero-order valence-electron chi connectivity index (χ0n) is 8.87. The van der Waals surface area contributed by atoms with Crippen LogP contribution in [-0.2, 0) is 6.42 Å². The van der Waals surface area contributed by atoms with E-state index >= 15 is 0 Å². The van der Waals surface area contributed by atoms with E-state index in [1.54, 1.807) is 6.26 Å².